The van der Waals surface area contributed by atoms with E-state index in [9.17, 15) is 0 Å². The molecule has 0 aromatic carbocycles. The number of hydrogen-bond acceptors (Lipinski definition) is 5. The molecule has 4 nitrogen and oxygen atoms in total. The molecule has 0 unspecified atom stereocenters. The van der Waals surface area contributed by atoms with E-state index >= 15 is 0 Å². The van der Waals surface area contributed by atoms with E-state index in [1.54, 1.807) is 24.6 Å². The molecule has 0 aliphatic heterocycles. The number of nitrogens with zero attached hydrogens (tertiary/aromatic N) is 2. The highest BCUT2D eigenvalue weighted by atomic mass is 79.9. The van der Waals surface area contributed by atoms with Crippen molar-refractivity contribution in [1.82, 2.24) is 9.97 Å². The maximum absolute atomic E-state index is 5.60. The number of hydrogen-bond donors (Lipinski definition) is 1. The Kier molecular flexibility index (Phi) is 3.74. The van der Waals surface area contributed by atoms with E-state index in [-0.39, 0.29) is 0 Å². The average Bonchev–Trinajstić information content (AvgIpc) is 2.81. The second-order valence-electron chi connectivity index (χ2n) is 2.96. The topological polar surface area (TPSA) is 47.0 Å². The molecule has 0 amide bonds. The van der Waals surface area contributed by atoms with E-state index in [1.165, 1.54) is 0 Å². The molecule has 0 aliphatic rings. The van der Waals surface area contributed by atoms with Gasteiger partial charge in [-0.3, -0.25) is 0 Å². The number of nitrogens with one attached hydrogen (secondary N) is 1. The molecule has 2 rings (SSSR count). The molecule has 2 heterocycles. The molecule has 0 spiro atoms. The van der Waals surface area contributed by atoms with Gasteiger partial charge in [0.1, 0.15) is 6.61 Å². The summed E-state index contributed by atoms with van der Waals surface area (Å²) in [4.78, 5) is 9.42. The van der Waals surface area contributed by atoms with Gasteiger partial charge in [-0.05, 0) is 27.4 Å². The lowest BCUT2D eigenvalue weighted by Gasteiger charge is -2.06. The van der Waals surface area contributed by atoms with Gasteiger partial charge in [0.05, 0.1) is 10.7 Å². The van der Waals surface area contributed by atoms with Crippen LogP contribution in [0.15, 0.2) is 28.2 Å². The van der Waals surface area contributed by atoms with Crippen LogP contribution in [0, 0.1) is 0 Å². The van der Waals surface area contributed by atoms with Gasteiger partial charge in [0, 0.05) is 11.9 Å². The Morgan fingerprint density at radius 3 is 3.12 bits per heavy atom. The van der Waals surface area contributed by atoms with Crippen LogP contribution in [0.3, 0.4) is 0 Å². The van der Waals surface area contributed by atoms with Crippen molar-refractivity contribution in [3.8, 4) is 5.88 Å². The van der Waals surface area contributed by atoms with Gasteiger partial charge in [0.2, 0.25) is 11.8 Å². The van der Waals surface area contributed by atoms with Crippen LogP contribution in [0.4, 0.5) is 5.95 Å². The van der Waals surface area contributed by atoms with Crippen molar-refractivity contribution < 1.29 is 4.74 Å². The smallest absolute Gasteiger partial charge is 0.233 e. The third-order valence-electron chi connectivity index (χ3n) is 1.87. The molecule has 1 N–H and O–H groups in total. The summed E-state index contributed by atoms with van der Waals surface area (Å²) in [5, 5.41) is 4.89. The first-order chi connectivity index (χ1) is 7.79. The average molecular weight is 300 g/mol. The fraction of sp³-hybridized carbons (Fsp3) is 0.200. The molecule has 6 heteroatoms. The van der Waals surface area contributed by atoms with Gasteiger partial charge < -0.3 is 10.1 Å². The monoisotopic (exact) mass is 299 g/mol. The number of ether oxygens (including phenoxy) is 1. The summed E-state index contributed by atoms with van der Waals surface area (Å²) in [5.41, 5.74) is 0. The first-order valence-electron chi connectivity index (χ1n) is 4.65. The van der Waals surface area contributed by atoms with E-state index in [0.29, 0.717) is 18.4 Å². The molecule has 2 aromatic heterocycles. The molecular formula is C10H10BrN3OS. The lowest BCUT2D eigenvalue weighted by Crippen LogP contribution is -2.01. The second kappa shape index (κ2) is 5.27. The van der Waals surface area contributed by atoms with Gasteiger partial charge in [0.25, 0.3) is 0 Å². The van der Waals surface area contributed by atoms with E-state index in [1.807, 2.05) is 17.5 Å². The Bertz CT molecular complexity index is 461. The Morgan fingerprint density at radius 1 is 1.56 bits per heavy atom. The first-order valence-corrected chi connectivity index (χ1v) is 6.32. The van der Waals surface area contributed by atoms with Gasteiger partial charge in [0.15, 0.2) is 0 Å². The number of thiophene rings is 1. The third kappa shape index (κ3) is 2.70. The molecule has 84 valence electrons. The lowest BCUT2D eigenvalue weighted by atomic mass is 10.5. The zero-order valence-electron chi connectivity index (χ0n) is 8.61. The maximum Gasteiger partial charge on any atom is 0.233 e. The first kappa shape index (κ1) is 11.3. The Morgan fingerprint density at radius 2 is 2.44 bits per heavy atom. The number of aromatic nitrogens is 2. The Hall–Kier alpha value is -1.14. The second-order valence-corrected chi connectivity index (χ2v) is 4.85. The summed E-state index contributed by atoms with van der Waals surface area (Å²) in [6.07, 6.45) is 1.67. The van der Waals surface area contributed by atoms with Crippen molar-refractivity contribution in [2.45, 2.75) is 6.61 Å². The zero-order valence-corrected chi connectivity index (χ0v) is 11.0. The van der Waals surface area contributed by atoms with Gasteiger partial charge in [-0.25, -0.2) is 4.98 Å². The molecule has 0 aliphatic carbocycles. The summed E-state index contributed by atoms with van der Waals surface area (Å²) >= 11 is 5.01. The van der Waals surface area contributed by atoms with Crippen LogP contribution < -0.4 is 10.1 Å². The van der Waals surface area contributed by atoms with Crippen molar-refractivity contribution in [2.24, 2.45) is 0 Å². The normalized spacial score (nSPS) is 10.1. The fourth-order valence-electron chi connectivity index (χ4n) is 1.11. The van der Waals surface area contributed by atoms with Crippen LogP contribution in [0.2, 0.25) is 0 Å². The minimum absolute atomic E-state index is 0.524. The summed E-state index contributed by atoms with van der Waals surface area (Å²) in [6, 6.07) is 4.02. The van der Waals surface area contributed by atoms with Crippen LogP contribution in [-0.2, 0) is 6.61 Å². The van der Waals surface area contributed by atoms with Gasteiger partial charge in [-0.15, -0.1) is 11.3 Å². The van der Waals surface area contributed by atoms with Gasteiger partial charge in [-0.1, -0.05) is 6.07 Å². The molecule has 0 atom stereocenters. The highest BCUT2D eigenvalue weighted by Crippen LogP contribution is 2.23. The summed E-state index contributed by atoms with van der Waals surface area (Å²) in [7, 11) is 1.77. The van der Waals surface area contributed by atoms with Crippen LogP contribution >= 0.6 is 27.3 Å². The van der Waals surface area contributed by atoms with Crippen molar-refractivity contribution in [2.75, 3.05) is 12.4 Å². The quantitative estimate of drug-likeness (QED) is 0.943. The van der Waals surface area contributed by atoms with E-state index in [0.717, 1.165) is 9.35 Å². The Labute approximate surface area is 106 Å². The predicted octanol–water partition coefficient (Wildman–Crippen LogP) is 2.92. The fourth-order valence-corrected chi connectivity index (χ4v) is 2.03. The van der Waals surface area contributed by atoms with E-state index in [2.05, 4.69) is 31.2 Å². The van der Waals surface area contributed by atoms with Crippen molar-refractivity contribution >= 4 is 33.2 Å². The Balaban J connectivity index is 2.08. The zero-order chi connectivity index (χ0) is 11.4. The summed E-state index contributed by atoms with van der Waals surface area (Å²) < 4.78 is 6.35. The molecule has 0 fully saturated rings. The maximum atomic E-state index is 5.60. The van der Waals surface area contributed by atoms with Gasteiger partial charge >= 0.3 is 0 Å². The van der Waals surface area contributed by atoms with Crippen molar-refractivity contribution in [1.29, 1.82) is 0 Å². The molecule has 0 radical (unpaired) electrons. The van der Waals surface area contributed by atoms with Crippen molar-refractivity contribution in [3.05, 3.63) is 33.1 Å². The standard InChI is InChI=1S/C10H10BrN3OS/c1-12-10-13-5-8(11)9(14-10)15-6-7-3-2-4-16-7/h2-5H,6H2,1H3,(H,12,13,14). The predicted molar refractivity (Wildman–Crippen MR) is 67.9 cm³/mol. The van der Waals surface area contributed by atoms with E-state index < -0.39 is 0 Å². The molecule has 16 heavy (non-hydrogen) atoms. The van der Waals surface area contributed by atoms with E-state index in [4.69, 9.17) is 4.74 Å². The third-order valence-corrected chi connectivity index (χ3v) is 3.26. The summed E-state index contributed by atoms with van der Waals surface area (Å²) in [5.74, 6) is 1.09. The van der Waals surface area contributed by atoms with Gasteiger partial charge in [-0.2, -0.15) is 4.98 Å². The SMILES string of the molecule is CNc1ncc(Br)c(OCc2cccs2)n1. The lowest BCUT2D eigenvalue weighted by molar-refractivity contribution is 0.295. The minimum atomic E-state index is 0.524. The van der Waals surface area contributed by atoms with Crippen molar-refractivity contribution in [3.63, 3.8) is 0 Å². The largest absolute Gasteiger partial charge is 0.471 e. The highest BCUT2D eigenvalue weighted by molar-refractivity contribution is 9.10. The molecule has 0 bridgehead atoms. The summed E-state index contributed by atoms with van der Waals surface area (Å²) in [6.45, 7) is 0.524. The number of anilines is 1. The van der Waals surface area contributed by atoms with Crippen LogP contribution in [0.5, 0.6) is 5.88 Å². The minimum Gasteiger partial charge on any atom is -0.471 e. The van der Waals surface area contributed by atoms with Crippen LogP contribution in [0.25, 0.3) is 0 Å². The molecule has 0 saturated carbocycles. The molecular weight excluding hydrogens is 290 g/mol. The molecule has 0 saturated heterocycles. The highest BCUT2D eigenvalue weighted by Gasteiger charge is 2.06. The molecule has 2 aromatic rings. The van der Waals surface area contributed by atoms with Crippen LogP contribution in [0.1, 0.15) is 4.88 Å². The van der Waals surface area contributed by atoms with Crippen LogP contribution in [-0.4, -0.2) is 17.0 Å². The number of rotatable bonds is 4. The number of halogens is 1.